The van der Waals surface area contributed by atoms with Crippen molar-refractivity contribution < 1.29 is 0 Å². The van der Waals surface area contributed by atoms with Gasteiger partial charge in [0.15, 0.2) is 0 Å². The fourth-order valence-electron chi connectivity index (χ4n) is 2.21. The second kappa shape index (κ2) is 5.47. The van der Waals surface area contributed by atoms with Crippen LogP contribution in [0.5, 0.6) is 0 Å². The van der Waals surface area contributed by atoms with Crippen LogP contribution in [-0.4, -0.2) is 35.6 Å². The Balaban J connectivity index is 1.83. The van der Waals surface area contributed by atoms with Crippen molar-refractivity contribution in [2.75, 3.05) is 18.9 Å². The topological polar surface area (TPSA) is 54.2 Å². The highest BCUT2D eigenvalue weighted by Gasteiger charge is 2.31. The quantitative estimate of drug-likeness (QED) is 0.809. The molecule has 0 spiro atoms. The summed E-state index contributed by atoms with van der Waals surface area (Å²) in [6.07, 6.45) is 2.41. The zero-order valence-corrected chi connectivity index (χ0v) is 10.7. The minimum Gasteiger partial charge on any atom is -0.367 e. The lowest BCUT2D eigenvalue weighted by atomic mass is 9.85. The molecule has 1 saturated carbocycles. The summed E-state index contributed by atoms with van der Waals surface area (Å²) in [5, 5.41) is 3.47. The molecular weight excluding hydrogens is 212 g/mol. The smallest absolute Gasteiger partial charge is 0.126 e. The van der Waals surface area contributed by atoms with Crippen molar-refractivity contribution in [3.63, 3.8) is 0 Å². The minimum absolute atomic E-state index is 0.501. The van der Waals surface area contributed by atoms with Gasteiger partial charge in [-0.15, -0.1) is 0 Å². The van der Waals surface area contributed by atoms with Crippen molar-refractivity contribution in [1.82, 2.24) is 9.88 Å². The predicted octanol–water partition coefficient (Wildman–Crippen LogP) is 1.43. The van der Waals surface area contributed by atoms with Gasteiger partial charge in [0.2, 0.25) is 0 Å². The first-order chi connectivity index (χ1) is 8.22. The van der Waals surface area contributed by atoms with Crippen LogP contribution in [0.2, 0.25) is 0 Å². The fraction of sp³-hybridized carbons (Fsp3) is 0.615. The van der Waals surface area contributed by atoms with Crippen LogP contribution in [0, 0.1) is 0 Å². The molecule has 1 aliphatic rings. The van der Waals surface area contributed by atoms with Crippen molar-refractivity contribution in [3.05, 3.63) is 23.9 Å². The molecule has 0 radical (unpaired) electrons. The van der Waals surface area contributed by atoms with Gasteiger partial charge in [0.25, 0.3) is 0 Å². The Hall–Kier alpha value is -1.13. The standard InChI is InChI=1S/C13H22N4/c1-3-17(2)12-7-11(8-12)16-13-6-4-5-10(9-14)15-13/h4-6,11-12H,3,7-9,14H2,1-2H3,(H,15,16). The Morgan fingerprint density at radius 3 is 2.88 bits per heavy atom. The first kappa shape index (κ1) is 12.3. The van der Waals surface area contributed by atoms with Gasteiger partial charge in [0.05, 0.1) is 5.69 Å². The van der Waals surface area contributed by atoms with Crippen LogP contribution >= 0.6 is 0 Å². The van der Waals surface area contributed by atoms with E-state index in [1.54, 1.807) is 0 Å². The molecule has 0 bridgehead atoms. The zero-order chi connectivity index (χ0) is 12.3. The van der Waals surface area contributed by atoms with Gasteiger partial charge in [0, 0.05) is 18.6 Å². The van der Waals surface area contributed by atoms with Crippen molar-refractivity contribution in [2.45, 2.75) is 38.4 Å². The second-order valence-electron chi connectivity index (χ2n) is 4.76. The molecule has 0 atom stereocenters. The number of nitrogens with one attached hydrogen (secondary N) is 1. The minimum atomic E-state index is 0.501. The molecule has 3 N–H and O–H groups in total. The molecule has 1 aromatic heterocycles. The highest BCUT2D eigenvalue weighted by atomic mass is 15.2. The molecular formula is C13H22N4. The highest BCUT2D eigenvalue weighted by molar-refractivity contribution is 5.37. The highest BCUT2D eigenvalue weighted by Crippen LogP contribution is 2.27. The van der Waals surface area contributed by atoms with Crippen molar-refractivity contribution in [2.24, 2.45) is 5.73 Å². The third kappa shape index (κ3) is 2.96. The molecule has 0 amide bonds. The van der Waals surface area contributed by atoms with Crippen LogP contribution in [0.4, 0.5) is 5.82 Å². The third-order valence-electron chi connectivity index (χ3n) is 3.60. The van der Waals surface area contributed by atoms with Gasteiger partial charge in [-0.1, -0.05) is 13.0 Å². The predicted molar refractivity (Wildman–Crippen MR) is 70.9 cm³/mol. The monoisotopic (exact) mass is 234 g/mol. The van der Waals surface area contributed by atoms with E-state index >= 15 is 0 Å². The van der Waals surface area contributed by atoms with E-state index in [1.165, 1.54) is 12.8 Å². The summed E-state index contributed by atoms with van der Waals surface area (Å²) in [4.78, 5) is 6.86. The van der Waals surface area contributed by atoms with E-state index in [9.17, 15) is 0 Å². The van der Waals surface area contributed by atoms with Crippen LogP contribution < -0.4 is 11.1 Å². The lowest BCUT2D eigenvalue weighted by Gasteiger charge is -2.41. The molecule has 0 aliphatic heterocycles. The average Bonchev–Trinajstić information content (AvgIpc) is 2.32. The van der Waals surface area contributed by atoms with Crippen molar-refractivity contribution in [3.8, 4) is 0 Å². The number of hydrogen-bond donors (Lipinski definition) is 2. The average molecular weight is 234 g/mol. The molecule has 94 valence electrons. The second-order valence-corrected chi connectivity index (χ2v) is 4.76. The van der Waals surface area contributed by atoms with E-state index < -0.39 is 0 Å². The van der Waals surface area contributed by atoms with Crippen LogP contribution in [0.1, 0.15) is 25.5 Å². The summed E-state index contributed by atoms with van der Waals surface area (Å²) >= 11 is 0. The number of hydrogen-bond acceptors (Lipinski definition) is 4. The Morgan fingerprint density at radius 1 is 1.47 bits per heavy atom. The molecule has 0 aromatic carbocycles. The van der Waals surface area contributed by atoms with E-state index in [2.05, 4.69) is 29.2 Å². The van der Waals surface area contributed by atoms with Crippen LogP contribution in [-0.2, 0) is 6.54 Å². The zero-order valence-electron chi connectivity index (χ0n) is 10.7. The Morgan fingerprint density at radius 2 is 2.24 bits per heavy atom. The Kier molecular flexibility index (Phi) is 3.97. The van der Waals surface area contributed by atoms with Crippen molar-refractivity contribution in [1.29, 1.82) is 0 Å². The lowest BCUT2D eigenvalue weighted by Crippen LogP contribution is -2.48. The fourth-order valence-corrected chi connectivity index (χ4v) is 2.21. The molecule has 17 heavy (non-hydrogen) atoms. The largest absolute Gasteiger partial charge is 0.367 e. The van der Waals surface area contributed by atoms with Crippen molar-refractivity contribution >= 4 is 5.82 Å². The molecule has 1 heterocycles. The summed E-state index contributed by atoms with van der Waals surface area (Å²) in [6, 6.07) is 7.27. The van der Waals surface area contributed by atoms with Gasteiger partial charge in [-0.3, -0.25) is 0 Å². The number of rotatable bonds is 5. The molecule has 1 aliphatic carbocycles. The lowest BCUT2D eigenvalue weighted by molar-refractivity contribution is 0.153. The number of nitrogens with zero attached hydrogens (tertiary/aromatic N) is 2. The summed E-state index contributed by atoms with van der Waals surface area (Å²) in [5.41, 5.74) is 6.52. The number of aromatic nitrogens is 1. The first-order valence-electron chi connectivity index (χ1n) is 6.35. The summed E-state index contributed by atoms with van der Waals surface area (Å²) in [5.74, 6) is 0.954. The maximum atomic E-state index is 5.58. The van der Waals surface area contributed by atoms with E-state index in [4.69, 9.17) is 5.73 Å². The van der Waals surface area contributed by atoms with Gasteiger partial charge in [-0.25, -0.2) is 4.98 Å². The Bertz CT molecular complexity index is 360. The molecule has 0 saturated heterocycles. The van der Waals surface area contributed by atoms with E-state index in [0.717, 1.165) is 24.1 Å². The van der Waals surface area contributed by atoms with E-state index in [0.29, 0.717) is 12.6 Å². The number of anilines is 1. The Labute approximate surface area is 103 Å². The number of nitrogens with two attached hydrogens (primary N) is 1. The van der Waals surface area contributed by atoms with E-state index in [-0.39, 0.29) is 0 Å². The van der Waals surface area contributed by atoms with Gasteiger partial charge >= 0.3 is 0 Å². The number of pyridine rings is 1. The van der Waals surface area contributed by atoms with E-state index in [1.807, 2.05) is 18.2 Å². The van der Waals surface area contributed by atoms with Crippen LogP contribution in [0.3, 0.4) is 0 Å². The summed E-state index contributed by atoms with van der Waals surface area (Å²) in [7, 11) is 2.19. The maximum Gasteiger partial charge on any atom is 0.126 e. The SMILES string of the molecule is CCN(C)C1CC(Nc2cccc(CN)n2)C1. The van der Waals surface area contributed by atoms with Crippen LogP contribution in [0.15, 0.2) is 18.2 Å². The molecule has 2 rings (SSSR count). The molecule has 1 fully saturated rings. The molecule has 4 heteroatoms. The van der Waals surface area contributed by atoms with Gasteiger partial charge in [-0.2, -0.15) is 0 Å². The normalized spacial score (nSPS) is 23.5. The van der Waals surface area contributed by atoms with Gasteiger partial charge < -0.3 is 16.0 Å². The van der Waals surface area contributed by atoms with Gasteiger partial charge in [-0.05, 0) is 38.6 Å². The molecule has 0 unspecified atom stereocenters. The summed E-state index contributed by atoms with van der Waals surface area (Å²) in [6.45, 7) is 3.83. The summed E-state index contributed by atoms with van der Waals surface area (Å²) < 4.78 is 0. The first-order valence-corrected chi connectivity index (χ1v) is 6.35. The van der Waals surface area contributed by atoms with Gasteiger partial charge in [0.1, 0.15) is 5.82 Å². The molecule has 1 aromatic rings. The maximum absolute atomic E-state index is 5.58. The third-order valence-corrected chi connectivity index (χ3v) is 3.60. The van der Waals surface area contributed by atoms with Crippen LogP contribution in [0.25, 0.3) is 0 Å². The molecule has 4 nitrogen and oxygen atoms in total.